The molecule has 3 heterocycles. The van der Waals surface area contributed by atoms with Crippen molar-refractivity contribution in [3.05, 3.63) is 40.5 Å². The highest BCUT2D eigenvalue weighted by Gasteiger charge is 2.28. The molecule has 1 aliphatic carbocycles. The number of piperidine rings is 1. The van der Waals surface area contributed by atoms with E-state index in [-0.39, 0.29) is 11.9 Å². The van der Waals surface area contributed by atoms with Gasteiger partial charge in [-0.25, -0.2) is 9.97 Å². The van der Waals surface area contributed by atoms with Gasteiger partial charge >= 0.3 is 0 Å². The van der Waals surface area contributed by atoms with Gasteiger partial charge in [0.25, 0.3) is 5.91 Å². The Labute approximate surface area is 139 Å². The summed E-state index contributed by atoms with van der Waals surface area (Å²) in [5.74, 6) is 2.65. The van der Waals surface area contributed by atoms with Crippen LogP contribution >= 0.6 is 11.3 Å². The van der Waals surface area contributed by atoms with Gasteiger partial charge in [-0.3, -0.25) is 4.79 Å². The third-order valence-electron chi connectivity index (χ3n) is 4.54. The molecule has 2 fully saturated rings. The molecule has 0 unspecified atom stereocenters. The summed E-state index contributed by atoms with van der Waals surface area (Å²) in [5.41, 5.74) is 0.766. The van der Waals surface area contributed by atoms with E-state index in [0.29, 0.717) is 5.92 Å². The molecule has 0 bridgehead atoms. The first kappa shape index (κ1) is 14.6. The van der Waals surface area contributed by atoms with Crippen molar-refractivity contribution < 1.29 is 4.79 Å². The van der Waals surface area contributed by atoms with Crippen LogP contribution in [0.4, 0.5) is 5.82 Å². The normalized spacial score (nSPS) is 18.9. The number of thiophene rings is 1. The Morgan fingerprint density at radius 2 is 2.04 bits per heavy atom. The Morgan fingerprint density at radius 3 is 2.74 bits per heavy atom. The van der Waals surface area contributed by atoms with E-state index >= 15 is 0 Å². The fourth-order valence-corrected chi connectivity index (χ4v) is 3.63. The number of hydrogen-bond donors (Lipinski definition) is 1. The van der Waals surface area contributed by atoms with Crippen molar-refractivity contribution in [2.45, 2.75) is 37.6 Å². The van der Waals surface area contributed by atoms with Crippen LogP contribution in [0.15, 0.2) is 29.1 Å². The smallest absolute Gasteiger partial charge is 0.252 e. The Hall–Kier alpha value is -1.95. The van der Waals surface area contributed by atoms with Crippen molar-refractivity contribution in [3.8, 4) is 0 Å². The number of rotatable bonds is 4. The predicted octanol–water partition coefficient (Wildman–Crippen LogP) is 2.81. The molecule has 1 amide bonds. The molecule has 5 nitrogen and oxygen atoms in total. The van der Waals surface area contributed by atoms with Gasteiger partial charge in [0, 0.05) is 42.2 Å². The topological polar surface area (TPSA) is 58.1 Å². The lowest BCUT2D eigenvalue weighted by Crippen LogP contribution is -2.45. The van der Waals surface area contributed by atoms with Crippen molar-refractivity contribution in [3.63, 3.8) is 0 Å². The summed E-state index contributed by atoms with van der Waals surface area (Å²) in [4.78, 5) is 23.5. The lowest BCUT2D eigenvalue weighted by molar-refractivity contribution is 0.0931. The van der Waals surface area contributed by atoms with Gasteiger partial charge < -0.3 is 10.2 Å². The molecule has 0 aromatic carbocycles. The van der Waals surface area contributed by atoms with Gasteiger partial charge in [0.1, 0.15) is 11.6 Å². The van der Waals surface area contributed by atoms with Crippen LogP contribution in [0, 0.1) is 0 Å². The van der Waals surface area contributed by atoms with Crippen molar-refractivity contribution in [2.75, 3.05) is 18.0 Å². The van der Waals surface area contributed by atoms with Gasteiger partial charge in [-0.1, -0.05) is 0 Å². The molecule has 0 radical (unpaired) electrons. The van der Waals surface area contributed by atoms with Gasteiger partial charge in [-0.15, -0.1) is 0 Å². The van der Waals surface area contributed by atoms with Crippen LogP contribution in [-0.2, 0) is 0 Å². The van der Waals surface area contributed by atoms with Crippen LogP contribution in [0.3, 0.4) is 0 Å². The minimum absolute atomic E-state index is 0.0442. The summed E-state index contributed by atoms with van der Waals surface area (Å²) in [5, 5.41) is 6.97. The fourth-order valence-electron chi connectivity index (χ4n) is 2.99. The van der Waals surface area contributed by atoms with Gasteiger partial charge in [0.2, 0.25) is 0 Å². The van der Waals surface area contributed by atoms with E-state index in [1.165, 1.54) is 12.8 Å². The standard InChI is InChI=1S/C17H20N4OS/c22-17(13-6-10-23-11-13)19-14-4-8-21(9-5-14)15-3-7-18-16(20-15)12-1-2-12/h3,6-7,10-12,14H,1-2,4-5,8-9H2,(H,19,22). The van der Waals surface area contributed by atoms with Crippen LogP contribution in [0.1, 0.15) is 47.8 Å². The minimum Gasteiger partial charge on any atom is -0.356 e. The summed E-state index contributed by atoms with van der Waals surface area (Å²) in [6.45, 7) is 1.85. The van der Waals surface area contributed by atoms with Crippen LogP contribution in [-0.4, -0.2) is 35.0 Å². The molecule has 120 valence electrons. The van der Waals surface area contributed by atoms with Crippen LogP contribution < -0.4 is 10.2 Å². The number of amides is 1. The number of nitrogens with zero attached hydrogens (tertiary/aromatic N) is 3. The quantitative estimate of drug-likeness (QED) is 0.937. The predicted molar refractivity (Wildman–Crippen MR) is 91.0 cm³/mol. The number of carbonyl (C=O) groups excluding carboxylic acids is 1. The lowest BCUT2D eigenvalue weighted by atomic mass is 10.0. The Kier molecular flexibility index (Phi) is 3.99. The Bertz CT molecular complexity index is 676. The maximum atomic E-state index is 12.1. The first-order chi connectivity index (χ1) is 11.3. The first-order valence-corrected chi connectivity index (χ1v) is 9.15. The summed E-state index contributed by atoms with van der Waals surface area (Å²) in [6.07, 6.45) is 6.23. The molecule has 6 heteroatoms. The van der Waals surface area contributed by atoms with Gasteiger partial charge in [0.15, 0.2) is 0 Å². The highest BCUT2D eigenvalue weighted by molar-refractivity contribution is 7.08. The van der Waals surface area contributed by atoms with Crippen molar-refractivity contribution in [1.29, 1.82) is 0 Å². The molecule has 2 aromatic rings. The average molecular weight is 328 g/mol. The number of nitrogens with one attached hydrogen (secondary N) is 1. The molecule has 4 rings (SSSR count). The lowest BCUT2D eigenvalue weighted by Gasteiger charge is -2.33. The van der Waals surface area contributed by atoms with Gasteiger partial charge in [-0.05, 0) is 43.2 Å². The maximum absolute atomic E-state index is 12.1. The van der Waals surface area contributed by atoms with E-state index in [2.05, 4.69) is 15.2 Å². The van der Waals surface area contributed by atoms with E-state index in [0.717, 1.165) is 43.1 Å². The number of anilines is 1. The van der Waals surface area contributed by atoms with E-state index < -0.39 is 0 Å². The molecule has 1 N–H and O–H groups in total. The molecule has 0 atom stereocenters. The first-order valence-electron chi connectivity index (χ1n) is 8.20. The molecule has 1 saturated heterocycles. The zero-order chi connectivity index (χ0) is 15.6. The Morgan fingerprint density at radius 1 is 1.22 bits per heavy atom. The second kappa shape index (κ2) is 6.28. The molecule has 0 spiro atoms. The van der Waals surface area contributed by atoms with Crippen molar-refractivity contribution in [1.82, 2.24) is 15.3 Å². The zero-order valence-electron chi connectivity index (χ0n) is 12.9. The average Bonchev–Trinajstić information content (AvgIpc) is 3.30. The third kappa shape index (κ3) is 3.37. The Balaban J connectivity index is 1.34. The molecule has 2 aliphatic rings. The highest BCUT2D eigenvalue weighted by atomic mass is 32.1. The summed E-state index contributed by atoms with van der Waals surface area (Å²) >= 11 is 1.55. The summed E-state index contributed by atoms with van der Waals surface area (Å²) in [6, 6.07) is 4.12. The molecular formula is C17H20N4OS. The number of aromatic nitrogens is 2. The molecule has 1 saturated carbocycles. The number of carbonyl (C=O) groups is 1. The van der Waals surface area contributed by atoms with Crippen molar-refractivity contribution >= 4 is 23.1 Å². The molecule has 2 aromatic heterocycles. The van der Waals surface area contributed by atoms with Crippen LogP contribution in [0.5, 0.6) is 0 Å². The van der Waals surface area contributed by atoms with Crippen LogP contribution in [0.2, 0.25) is 0 Å². The molecular weight excluding hydrogens is 308 g/mol. The summed E-state index contributed by atoms with van der Waals surface area (Å²) < 4.78 is 0. The van der Waals surface area contributed by atoms with Crippen molar-refractivity contribution in [2.24, 2.45) is 0 Å². The molecule has 1 aliphatic heterocycles. The zero-order valence-corrected chi connectivity index (χ0v) is 13.8. The van der Waals surface area contributed by atoms with E-state index in [9.17, 15) is 4.79 Å². The number of hydrogen-bond acceptors (Lipinski definition) is 5. The second-order valence-corrected chi connectivity index (χ2v) is 7.07. The van der Waals surface area contributed by atoms with E-state index in [4.69, 9.17) is 4.98 Å². The SMILES string of the molecule is O=C(NC1CCN(c2ccnc(C3CC3)n2)CC1)c1ccsc1. The molecule has 23 heavy (non-hydrogen) atoms. The maximum Gasteiger partial charge on any atom is 0.252 e. The second-order valence-electron chi connectivity index (χ2n) is 6.29. The third-order valence-corrected chi connectivity index (χ3v) is 5.22. The minimum atomic E-state index is 0.0442. The monoisotopic (exact) mass is 328 g/mol. The fraction of sp³-hybridized carbons (Fsp3) is 0.471. The highest BCUT2D eigenvalue weighted by Crippen LogP contribution is 2.38. The van der Waals surface area contributed by atoms with E-state index in [1.807, 2.05) is 29.1 Å². The van der Waals surface area contributed by atoms with Crippen LogP contribution in [0.25, 0.3) is 0 Å². The van der Waals surface area contributed by atoms with E-state index in [1.54, 1.807) is 11.3 Å². The summed E-state index contributed by atoms with van der Waals surface area (Å²) in [7, 11) is 0. The van der Waals surface area contributed by atoms with Gasteiger partial charge in [0.05, 0.1) is 0 Å². The largest absolute Gasteiger partial charge is 0.356 e. The van der Waals surface area contributed by atoms with Gasteiger partial charge in [-0.2, -0.15) is 11.3 Å².